The van der Waals surface area contributed by atoms with E-state index in [1.807, 2.05) is 18.2 Å². The topological polar surface area (TPSA) is 91.7 Å². The lowest BCUT2D eigenvalue weighted by molar-refractivity contribution is -0.111. The zero-order valence-corrected chi connectivity index (χ0v) is 17.5. The zero-order chi connectivity index (χ0) is 21.1. The number of thiophene rings is 1. The Kier molecular flexibility index (Phi) is 5.85. The lowest BCUT2D eigenvalue weighted by Gasteiger charge is -2.26. The second kappa shape index (κ2) is 8.71. The van der Waals surface area contributed by atoms with Crippen molar-refractivity contribution in [1.82, 2.24) is 4.90 Å². The monoisotopic (exact) mass is 425 g/mol. The highest BCUT2D eigenvalue weighted by atomic mass is 32.1. The summed E-state index contributed by atoms with van der Waals surface area (Å²) in [6.45, 7) is 3.75. The molecule has 8 heteroatoms. The molecule has 156 valence electrons. The molecular formula is C22H23N3O4S. The van der Waals surface area contributed by atoms with Crippen molar-refractivity contribution < 1.29 is 19.1 Å². The lowest BCUT2D eigenvalue weighted by atomic mass is 10.0. The number of nitrogens with zero attached hydrogens (tertiary/aromatic N) is 1. The fraction of sp³-hybridized carbons (Fsp3) is 0.318. The minimum absolute atomic E-state index is 0.269. The van der Waals surface area contributed by atoms with Crippen LogP contribution in [0.2, 0.25) is 0 Å². The van der Waals surface area contributed by atoms with Crippen molar-refractivity contribution in [2.75, 3.05) is 25.1 Å². The molecule has 0 unspecified atom stereocenters. The summed E-state index contributed by atoms with van der Waals surface area (Å²) in [5.41, 5.74) is 3.76. The lowest BCUT2D eigenvalue weighted by Crippen LogP contribution is -2.35. The van der Waals surface area contributed by atoms with Crippen molar-refractivity contribution in [2.45, 2.75) is 26.3 Å². The molecule has 0 aliphatic carbocycles. The van der Waals surface area contributed by atoms with E-state index < -0.39 is 0 Å². The molecule has 0 saturated carbocycles. The van der Waals surface area contributed by atoms with Gasteiger partial charge in [-0.05, 0) is 30.5 Å². The van der Waals surface area contributed by atoms with Crippen LogP contribution in [0, 0.1) is 5.41 Å². The second-order valence-corrected chi connectivity index (χ2v) is 8.12. The molecular weight excluding hydrogens is 402 g/mol. The van der Waals surface area contributed by atoms with Gasteiger partial charge in [-0.15, -0.1) is 11.3 Å². The van der Waals surface area contributed by atoms with Gasteiger partial charge in [-0.1, -0.05) is 18.2 Å². The molecule has 2 aromatic rings. The van der Waals surface area contributed by atoms with Crippen LogP contribution < -0.4 is 10.1 Å². The largest absolute Gasteiger partial charge is 0.492 e. The van der Waals surface area contributed by atoms with E-state index in [1.54, 1.807) is 17.9 Å². The van der Waals surface area contributed by atoms with E-state index in [4.69, 9.17) is 14.9 Å². The van der Waals surface area contributed by atoms with Crippen molar-refractivity contribution >= 4 is 40.6 Å². The highest BCUT2D eigenvalue weighted by Gasteiger charge is 2.27. The first kappa shape index (κ1) is 20.2. The molecule has 0 fully saturated rings. The highest BCUT2D eigenvalue weighted by Crippen LogP contribution is 2.36. The quantitative estimate of drug-likeness (QED) is 0.562. The zero-order valence-electron chi connectivity index (χ0n) is 16.7. The Labute approximate surface area is 178 Å². The Morgan fingerprint density at radius 1 is 1.37 bits per heavy atom. The van der Waals surface area contributed by atoms with E-state index >= 15 is 0 Å². The Morgan fingerprint density at radius 3 is 3.03 bits per heavy atom. The van der Waals surface area contributed by atoms with Crippen molar-refractivity contribution in [3.05, 3.63) is 51.4 Å². The number of benzene rings is 1. The summed E-state index contributed by atoms with van der Waals surface area (Å²) in [7, 11) is 0. The third kappa shape index (κ3) is 3.95. The number of carbonyl (C=O) groups is 2. The Hall–Kier alpha value is -3.13. The first-order valence-electron chi connectivity index (χ1n) is 9.91. The van der Waals surface area contributed by atoms with E-state index in [1.165, 1.54) is 23.6 Å². The third-order valence-corrected chi connectivity index (χ3v) is 6.31. The van der Waals surface area contributed by atoms with E-state index in [9.17, 15) is 9.59 Å². The van der Waals surface area contributed by atoms with Gasteiger partial charge in [-0.25, -0.2) is 4.79 Å². The molecule has 2 amide bonds. The summed E-state index contributed by atoms with van der Waals surface area (Å²) in [5.74, 6) is 0.571. The van der Waals surface area contributed by atoms with Gasteiger partial charge in [0.2, 0.25) is 5.91 Å². The first-order valence-corrected chi connectivity index (χ1v) is 10.7. The number of fused-ring (bicyclic) bond motifs is 2. The number of hydrogen-bond acceptors (Lipinski definition) is 6. The molecule has 0 spiro atoms. The molecule has 0 atom stereocenters. The van der Waals surface area contributed by atoms with Gasteiger partial charge in [0.1, 0.15) is 10.8 Å². The summed E-state index contributed by atoms with van der Waals surface area (Å²) >= 11 is 1.40. The Balaban J connectivity index is 1.49. The molecule has 2 aliphatic rings. The molecule has 0 saturated heterocycles. The Morgan fingerprint density at radius 2 is 2.23 bits per heavy atom. The van der Waals surface area contributed by atoms with Crippen molar-refractivity contribution in [3.8, 4) is 5.75 Å². The molecule has 3 heterocycles. The number of ether oxygens (including phenoxy) is 2. The van der Waals surface area contributed by atoms with Gasteiger partial charge >= 0.3 is 6.09 Å². The number of rotatable bonds is 5. The van der Waals surface area contributed by atoms with E-state index in [0.717, 1.165) is 33.7 Å². The fourth-order valence-corrected chi connectivity index (χ4v) is 4.98. The first-order chi connectivity index (χ1) is 14.6. The standard InChI is InChI=1S/C22H23N3O4S/c1-2-28-22(27)25-10-8-16-17(12-23)21(30-18(16)13-25)24-19(26)7-6-14-4-3-5-15-9-11-29-20(14)15/h3-7,12,23H,2,8-11,13H2,1H3,(H,24,26)/b7-6+,23-12?. The van der Waals surface area contributed by atoms with Crippen LogP contribution in [0.3, 0.4) is 0 Å². The van der Waals surface area contributed by atoms with Crippen LogP contribution in [0.15, 0.2) is 24.3 Å². The minimum Gasteiger partial charge on any atom is -0.492 e. The number of para-hydroxylation sites is 1. The predicted octanol–water partition coefficient (Wildman–Crippen LogP) is 3.85. The Bertz CT molecular complexity index is 1030. The average molecular weight is 426 g/mol. The van der Waals surface area contributed by atoms with E-state index in [-0.39, 0.29) is 12.0 Å². The molecule has 1 aromatic carbocycles. The van der Waals surface area contributed by atoms with Gasteiger partial charge in [0.05, 0.1) is 19.8 Å². The van der Waals surface area contributed by atoms with Gasteiger partial charge in [-0.2, -0.15) is 0 Å². The maximum absolute atomic E-state index is 12.5. The maximum Gasteiger partial charge on any atom is 0.410 e. The summed E-state index contributed by atoms with van der Waals surface area (Å²) < 4.78 is 10.8. The molecule has 1 aromatic heterocycles. The highest BCUT2D eigenvalue weighted by molar-refractivity contribution is 7.17. The normalized spacial score (nSPS) is 14.8. The molecule has 0 bridgehead atoms. The summed E-state index contributed by atoms with van der Waals surface area (Å²) in [6, 6.07) is 5.91. The minimum atomic E-state index is -0.334. The van der Waals surface area contributed by atoms with Crippen LogP contribution in [-0.2, 0) is 28.9 Å². The van der Waals surface area contributed by atoms with Gasteiger partial charge < -0.3 is 25.1 Å². The average Bonchev–Trinajstić information content (AvgIpc) is 3.36. The van der Waals surface area contributed by atoms with Gasteiger partial charge in [0, 0.05) is 41.3 Å². The number of hydrogen-bond donors (Lipinski definition) is 2. The van der Waals surface area contributed by atoms with Crippen LogP contribution in [0.5, 0.6) is 5.75 Å². The summed E-state index contributed by atoms with van der Waals surface area (Å²) in [6.07, 6.45) is 5.68. The number of anilines is 1. The smallest absolute Gasteiger partial charge is 0.410 e. The summed E-state index contributed by atoms with van der Waals surface area (Å²) in [4.78, 5) is 27.2. The maximum atomic E-state index is 12.5. The fourth-order valence-electron chi connectivity index (χ4n) is 3.74. The molecule has 30 heavy (non-hydrogen) atoms. The van der Waals surface area contributed by atoms with E-state index in [2.05, 4.69) is 5.32 Å². The van der Waals surface area contributed by atoms with Gasteiger partial charge in [-0.3, -0.25) is 4.79 Å². The van der Waals surface area contributed by atoms with Crippen LogP contribution in [0.25, 0.3) is 6.08 Å². The third-order valence-electron chi connectivity index (χ3n) is 5.16. The number of amides is 2. The molecule has 2 N–H and O–H groups in total. The second-order valence-electron chi connectivity index (χ2n) is 7.02. The van der Waals surface area contributed by atoms with E-state index in [0.29, 0.717) is 43.3 Å². The molecule has 0 radical (unpaired) electrons. The molecule has 2 aliphatic heterocycles. The summed E-state index contributed by atoms with van der Waals surface area (Å²) in [5, 5.41) is 11.3. The SMILES string of the molecule is CCOC(=O)N1CCc2c(sc(NC(=O)/C=C/c3cccc4c3OCC4)c2C=N)C1. The molecule has 4 rings (SSSR count). The predicted molar refractivity (Wildman–Crippen MR) is 117 cm³/mol. The van der Waals surface area contributed by atoms with Crippen LogP contribution in [-0.4, -0.2) is 42.9 Å². The van der Waals surface area contributed by atoms with Crippen molar-refractivity contribution in [1.29, 1.82) is 5.41 Å². The van der Waals surface area contributed by atoms with Crippen LogP contribution in [0.4, 0.5) is 9.80 Å². The van der Waals surface area contributed by atoms with Crippen molar-refractivity contribution in [3.63, 3.8) is 0 Å². The van der Waals surface area contributed by atoms with Crippen LogP contribution >= 0.6 is 11.3 Å². The van der Waals surface area contributed by atoms with Crippen LogP contribution in [0.1, 0.15) is 34.1 Å². The number of carbonyl (C=O) groups excluding carboxylic acids is 2. The number of nitrogens with one attached hydrogen (secondary N) is 2. The van der Waals surface area contributed by atoms with Crippen molar-refractivity contribution in [2.24, 2.45) is 0 Å². The van der Waals surface area contributed by atoms with Gasteiger partial charge in [0.25, 0.3) is 0 Å². The van der Waals surface area contributed by atoms with Gasteiger partial charge in [0.15, 0.2) is 0 Å². The molecule has 7 nitrogen and oxygen atoms in total.